The maximum absolute atomic E-state index is 5.80. The van der Waals surface area contributed by atoms with Crippen molar-refractivity contribution < 1.29 is 0 Å². The zero-order chi connectivity index (χ0) is 16.1. The highest BCUT2D eigenvalue weighted by Gasteiger charge is 2.31. The number of halogens is 2. The molecule has 3 aliphatic heterocycles. The van der Waals surface area contributed by atoms with E-state index in [1.807, 2.05) is 25.4 Å². The smallest absolute Gasteiger partial charge is 0.191 e. The molecule has 3 saturated heterocycles. The van der Waals surface area contributed by atoms with E-state index >= 15 is 0 Å². The minimum Gasteiger partial charge on any atom is -0.356 e. The van der Waals surface area contributed by atoms with Gasteiger partial charge >= 0.3 is 0 Å². The quantitative estimate of drug-likeness (QED) is 0.295. The van der Waals surface area contributed by atoms with Crippen LogP contribution in [0.4, 0.5) is 0 Å². The fourth-order valence-corrected chi connectivity index (χ4v) is 3.34. The van der Waals surface area contributed by atoms with E-state index in [-0.39, 0.29) is 24.0 Å². The van der Waals surface area contributed by atoms with E-state index in [0.29, 0.717) is 11.2 Å². The lowest BCUT2D eigenvalue weighted by Gasteiger charge is -2.47. The summed E-state index contributed by atoms with van der Waals surface area (Å²) in [6, 6.07) is 4.43. The molecule has 4 rings (SSSR count). The molecule has 1 atom stereocenters. The van der Waals surface area contributed by atoms with Crippen molar-refractivity contribution in [2.24, 2.45) is 4.99 Å². The summed E-state index contributed by atoms with van der Waals surface area (Å²) in [7, 11) is 1.82. The second-order valence-electron chi connectivity index (χ2n) is 6.11. The molecule has 2 bridgehead atoms. The van der Waals surface area contributed by atoms with Gasteiger partial charge in [-0.15, -0.1) is 24.0 Å². The second kappa shape index (κ2) is 9.74. The van der Waals surface area contributed by atoms with Gasteiger partial charge in [-0.2, -0.15) is 0 Å². The Hall–Kier alpha value is -0.640. The monoisotopic (exact) mass is 464 g/mol. The third-order valence-corrected chi connectivity index (χ3v) is 4.84. The Balaban J connectivity index is 0.00000208. The SMILES string of the molecule is CN=C(NCCc1ccc(Cl)nc1)NCC1CN2CCN1CC2.I. The molecular weight excluding hydrogens is 439 g/mol. The molecule has 1 aromatic heterocycles. The minimum absolute atomic E-state index is 0. The van der Waals surface area contributed by atoms with Crippen LogP contribution in [0, 0.1) is 0 Å². The van der Waals surface area contributed by atoms with E-state index in [4.69, 9.17) is 11.6 Å². The first-order chi connectivity index (χ1) is 11.2. The number of fused-ring (bicyclic) bond motifs is 3. The van der Waals surface area contributed by atoms with Crippen LogP contribution < -0.4 is 10.6 Å². The van der Waals surface area contributed by atoms with Crippen molar-refractivity contribution in [3.05, 3.63) is 29.0 Å². The first-order valence-electron chi connectivity index (χ1n) is 8.26. The Morgan fingerprint density at radius 1 is 1.29 bits per heavy atom. The molecule has 3 fully saturated rings. The summed E-state index contributed by atoms with van der Waals surface area (Å²) in [6.45, 7) is 7.77. The molecule has 0 aliphatic carbocycles. The Morgan fingerprint density at radius 2 is 2.08 bits per heavy atom. The molecule has 8 heteroatoms. The van der Waals surface area contributed by atoms with Crippen molar-refractivity contribution in [3.8, 4) is 0 Å². The van der Waals surface area contributed by atoms with Crippen LogP contribution in [0.1, 0.15) is 5.56 Å². The topological polar surface area (TPSA) is 55.8 Å². The molecule has 24 heavy (non-hydrogen) atoms. The molecule has 0 saturated carbocycles. The number of rotatable bonds is 5. The zero-order valence-electron chi connectivity index (χ0n) is 14.0. The lowest BCUT2D eigenvalue weighted by atomic mass is 10.1. The maximum Gasteiger partial charge on any atom is 0.191 e. The van der Waals surface area contributed by atoms with Crippen LogP contribution in [0.3, 0.4) is 0 Å². The van der Waals surface area contributed by atoms with Gasteiger partial charge in [0, 0.05) is 65.1 Å². The van der Waals surface area contributed by atoms with Gasteiger partial charge in [0.2, 0.25) is 0 Å². The highest BCUT2D eigenvalue weighted by molar-refractivity contribution is 14.0. The third-order valence-electron chi connectivity index (χ3n) is 4.62. The van der Waals surface area contributed by atoms with E-state index < -0.39 is 0 Å². The van der Waals surface area contributed by atoms with Crippen LogP contribution in [0.25, 0.3) is 0 Å². The molecule has 4 heterocycles. The van der Waals surface area contributed by atoms with Crippen LogP contribution in [0.5, 0.6) is 0 Å². The highest BCUT2D eigenvalue weighted by Crippen LogP contribution is 2.14. The van der Waals surface area contributed by atoms with Gasteiger partial charge in [0.15, 0.2) is 5.96 Å². The molecule has 0 amide bonds. The van der Waals surface area contributed by atoms with Crippen molar-refractivity contribution in [2.45, 2.75) is 12.5 Å². The van der Waals surface area contributed by atoms with E-state index in [9.17, 15) is 0 Å². The maximum atomic E-state index is 5.80. The Kier molecular flexibility index (Phi) is 7.99. The summed E-state index contributed by atoms with van der Waals surface area (Å²) in [4.78, 5) is 13.5. The van der Waals surface area contributed by atoms with Crippen molar-refractivity contribution in [2.75, 3.05) is 52.9 Å². The number of guanidine groups is 1. The summed E-state index contributed by atoms with van der Waals surface area (Å²) in [6.07, 6.45) is 2.72. The van der Waals surface area contributed by atoms with Crippen molar-refractivity contribution in [3.63, 3.8) is 0 Å². The number of nitrogens with one attached hydrogen (secondary N) is 2. The van der Waals surface area contributed by atoms with E-state index in [0.717, 1.165) is 25.5 Å². The molecule has 0 spiro atoms. The first kappa shape index (κ1) is 19.7. The van der Waals surface area contributed by atoms with Gasteiger partial charge < -0.3 is 10.6 Å². The summed E-state index contributed by atoms with van der Waals surface area (Å²) >= 11 is 5.80. The number of aromatic nitrogens is 1. The van der Waals surface area contributed by atoms with Crippen LogP contribution >= 0.6 is 35.6 Å². The second-order valence-corrected chi connectivity index (χ2v) is 6.50. The van der Waals surface area contributed by atoms with Crippen LogP contribution in [-0.4, -0.2) is 79.6 Å². The Bertz CT molecular complexity index is 530. The first-order valence-corrected chi connectivity index (χ1v) is 8.64. The molecule has 134 valence electrons. The fourth-order valence-electron chi connectivity index (χ4n) is 3.23. The predicted octanol–water partition coefficient (Wildman–Crippen LogP) is 1.06. The van der Waals surface area contributed by atoms with E-state index in [2.05, 4.69) is 30.4 Å². The summed E-state index contributed by atoms with van der Waals surface area (Å²) < 4.78 is 0. The predicted molar refractivity (Wildman–Crippen MR) is 110 cm³/mol. The van der Waals surface area contributed by atoms with Gasteiger partial charge in [0.25, 0.3) is 0 Å². The number of piperazine rings is 3. The molecule has 1 aromatic rings. The number of hydrogen-bond donors (Lipinski definition) is 2. The van der Waals surface area contributed by atoms with Gasteiger partial charge in [0.1, 0.15) is 5.15 Å². The normalized spacial score (nSPS) is 25.9. The Labute approximate surface area is 166 Å². The molecule has 2 N–H and O–H groups in total. The van der Waals surface area contributed by atoms with Gasteiger partial charge in [0.05, 0.1) is 0 Å². The lowest BCUT2D eigenvalue weighted by Crippen LogP contribution is -2.63. The van der Waals surface area contributed by atoms with Crippen LogP contribution in [0.2, 0.25) is 5.15 Å². The van der Waals surface area contributed by atoms with E-state index in [1.165, 1.54) is 38.3 Å². The molecule has 0 aromatic carbocycles. The average molecular weight is 465 g/mol. The number of nitrogens with zero attached hydrogens (tertiary/aromatic N) is 4. The molecule has 3 aliphatic rings. The summed E-state index contributed by atoms with van der Waals surface area (Å²) in [5.74, 6) is 0.865. The summed E-state index contributed by atoms with van der Waals surface area (Å²) in [5, 5.41) is 7.35. The molecule has 0 radical (unpaired) electrons. The van der Waals surface area contributed by atoms with Crippen LogP contribution in [-0.2, 0) is 6.42 Å². The van der Waals surface area contributed by atoms with Gasteiger partial charge in [-0.25, -0.2) is 4.98 Å². The van der Waals surface area contributed by atoms with Crippen molar-refractivity contribution in [1.82, 2.24) is 25.4 Å². The van der Waals surface area contributed by atoms with Crippen molar-refractivity contribution in [1.29, 1.82) is 0 Å². The molecular formula is C16H26ClIN6. The number of hydrogen-bond acceptors (Lipinski definition) is 4. The molecule has 6 nitrogen and oxygen atoms in total. The van der Waals surface area contributed by atoms with Gasteiger partial charge in [-0.05, 0) is 18.1 Å². The van der Waals surface area contributed by atoms with Gasteiger partial charge in [-0.3, -0.25) is 14.8 Å². The minimum atomic E-state index is 0. The highest BCUT2D eigenvalue weighted by atomic mass is 127. The molecule has 1 unspecified atom stereocenters. The van der Waals surface area contributed by atoms with Crippen molar-refractivity contribution >= 4 is 41.5 Å². The van der Waals surface area contributed by atoms with Crippen LogP contribution in [0.15, 0.2) is 23.3 Å². The number of pyridine rings is 1. The Morgan fingerprint density at radius 3 is 2.67 bits per heavy atom. The van der Waals surface area contributed by atoms with Gasteiger partial charge in [-0.1, -0.05) is 17.7 Å². The fraction of sp³-hybridized carbons (Fsp3) is 0.625. The zero-order valence-corrected chi connectivity index (χ0v) is 17.1. The number of aliphatic imine (C=N–C) groups is 1. The average Bonchev–Trinajstić information content (AvgIpc) is 2.60. The van der Waals surface area contributed by atoms with E-state index in [1.54, 1.807) is 0 Å². The lowest BCUT2D eigenvalue weighted by molar-refractivity contribution is 0.0154. The largest absolute Gasteiger partial charge is 0.356 e. The standard InChI is InChI=1S/C16H25ClN6.HI/c1-18-16(19-5-4-13-2-3-15(17)20-10-13)21-11-14-12-22-6-8-23(14)9-7-22;/h2-3,10,14H,4-9,11-12H2,1H3,(H2,18,19,21);1H. The third kappa shape index (κ3) is 5.44. The summed E-state index contributed by atoms with van der Waals surface area (Å²) in [5.41, 5.74) is 1.17.